The Hall–Kier alpha value is -2.77. The predicted octanol–water partition coefficient (Wildman–Crippen LogP) is 2.60. The number of carbonyl (C=O) groups is 3. The molecule has 0 radical (unpaired) electrons. The van der Waals surface area contributed by atoms with Crippen molar-refractivity contribution < 1.29 is 33.7 Å². The van der Waals surface area contributed by atoms with Crippen molar-refractivity contribution >= 4 is 17.8 Å². The molecule has 0 spiro atoms. The molecule has 1 rings (SSSR count). The molecule has 27 heavy (non-hydrogen) atoms. The number of rotatable bonds is 8. The third-order valence-electron chi connectivity index (χ3n) is 3.34. The Bertz CT molecular complexity index is 692. The molecule has 0 aliphatic carbocycles. The first-order valence-electron chi connectivity index (χ1n) is 8.72. The molecule has 0 unspecified atom stereocenters. The van der Waals surface area contributed by atoms with Crippen LogP contribution in [0.5, 0.6) is 11.5 Å². The summed E-state index contributed by atoms with van der Waals surface area (Å²) in [6, 6.07) is 2.88. The highest BCUT2D eigenvalue weighted by Crippen LogP contribution is 2.32. The Morgan fingerprint density at radius 3 is 2.37 bits per heavy atom. The first-order chi connectivity index (χ1) is 12.6. The zero-order valence-electron chi connectivity index (χ0n) is 16.4. The lowest BCUT2D eigenvalue weighted by Gasteiger charge is -2.19. The highest BCUT2D eigenvalue weighted by Gasteiger charge is 2.20. The summed E-state index contributed by atoms with van der Waals surface area (Å²) in [6.07, 6.45) is -0.342. The summed E-state index contributed by atoms with van der Waals surface area (Å²) in [5, 5.41) is 12.8. The highest BCUT2D eigenvalue weighted by atomic mass is 16.6. The molecule has 0 atom stereocenters. The van der Waals surface area contributed by atoms with Gasteiger partial charge in [0.2, 0.25) is 0 Å². The van der Waals surface area contributed by atoms with E-state index in [9.17, 15) is 19.5 Å². The molecule has 0 heterocycles. The van der Waals surface area contributed by atoms with E-state index in [-0.39, 0.29) is 31.1 Å². The quantitative estimate of drug-likeness (QED) is 0.526. The number of aromatic hydroxyl groups is 1. The molecule has 0 saturated carbocycles. The Kier molecular flexibility index (Phi) is 8.08. The van der Waals surface area contributed by atoms with Crippen LogP contribution in [0.3, 0.4) is 0 Å². The second kappa shape index (κ2) is 9.80. The van der Waals surface area contributed by atoms with Crippen LogP contribution in [-0.4, -0.2) is 48.3 Å². The fourth-order valence-corrected chi connectivity index (χ4v) is 2.22. The van der Waals surface area contributed by atoms with Gasteiger partial charge in [0.1, 0.15) is 17.1 Å². The number of hydrogen-bond acceptors (Lipinski definition) is 7. The third-order valence-corrected chi connectivity index (χ3v) is 3.34. The van der Waals surface area contributed by atoms with Gasteiger partial charge in [-0.2, -0.15) is 0 Å². The third kappa shape index (κ3) is 7.16. The van der Waals surface area contributed by atoms with Gasteiger partial charge in [-0.1, -0.05) is 6.92 Å². The molecule has 8 nitrogen and oxygen atoms in total. The molecule has 0 aliphatic heterocycles. The lowest BCUT2D eigenvalue weighted by Crippen LogP contribution is -2.35. The fraction of sp³-hybridized carbons (Fsp3) is 0.526. The summed E-state index contributed by atoms with van der Waals surface area (Å²) in [6.45, 7) is 8.22. The molecule has 150 valence electrons. The fourth-order valence-electron chi connectivity index (χ4n) is 2.22. The summed E-state index contributed by atoms with van der Waals surface area (Å²) in [7, 11) is 0. The van der Waals surface area contributed by atoms with E-state index in [1.165, 1.54) is 12.1 Å². The standard InChI is InChI=1S/C19H27NO7/c1-6-12-15(26-11-16(22)25-7-2)9-8-13(17(12)23)14(21)10-20-18(24)27-19(3,4)5/h8-9,23H,6-7,10-11H2,1-5H3,(H,20,24). The average molecular weight is 381 g/mol. The second-order valence-corrected chi connectivity index (χ2v) is 6.66. The first-order valence-corrected chi connectivity index (χ1v) is 8.72. The Balaban J connectivity index is 2.83. The van der Waals surface area contributed by atoms with Crippen molar-refractivity contribution in [3.63, 3.8) is 0 Å². The van der Waals surface area contributed by atoms with E-state index in [1.54, 1.807) is 34.6 Å². The van der Waals surface area contributed by atoms with Crippen LogP contribution in [0, 0.1) is 0 Å². The largest absolute Gasteiger partial charge is 0.507 e. The monoisotopic (exact) mass is 381 g/mol. The predicted molar refractivity (Wildman–Crippen MR) is 98.2 cm³/mol. The van der Waals surface area contributed by atoms with Crippen molar-refractivity contribution in [1.82, 2.24) is 5.32 Å². The van der Waals surface area contributed by atoms with E-state index in [4.69, 9.17) is 14.2 Å². The summed E-state index contributed by atoms with van der Waals surface area (Å²) in [5.74, 6) is -0.958. The van der Waals surface area contributed by atoms with Crippen molar-refractivity contribution in [3.8, 4) is 11.5 Å². The smallest absolute Gasteiger partial charge is 0.408 e. The van der Waals surface area contributed by atoms with Crippen molar-refractivity contribution in [2.75, 3.05) is 19.8 Å². The Morgan fingerprint density at radius 2 is 1.81 bits per heavy atom. The molecule has 2 N–H and O–H groups in total. The van der Waals surface area contributed by atoms with E-state index >= 15 is 0 Å². The first kappa shape index (κ1) is 22.3. The van der Waals surface area contributed by atoms with E-state index in [2.05, 4.69) is 5.32 Å². The molecule has 1 aromatic carbocycles. The molecule has 0 bridgehead atoms. The minimum Gasteiger partial charge on any atom is -0.507 e. The van der Waals surface area contributed by atoms with E-state index in [0.29, 0.717) is 17.7 Å². The van der Waals surface area contributed by atoms with Gasteiger partial charge >= 0.3 is 12.1 Å². The highest BCUT2D eigenvalue weighted by molar-refractivity contribution is 6.01. The number of phenols is 1. The maximum Gasteiger partial charge on any atom is 0.408 e. The average Bonchev–Trinajstić information content (AvgIpc) is 2.56. The number of ketones is 1. The van der Waals surface area contributed by atoms with Crippen LogP contribution in [0.15, 0.2) is 12.1 Å². The normalized spacial score (nSPS) is 10.9. The number of ether oxygens (including phenoxy) is 3. The number of Topliss-reactive ketones (excluding diaryl/α,β-unsaturated/α-hetero) is 1. The topological polar surface area (TPSA) is 111 Å². The van der Waals surface area contributed by atoms with Gasteiger partial charge in [0.25, 0.3) is 0 Å². The molecule has 0 saturated heterocycles. The number of amides is 1. The minimum atomic E-state index is -0.722. The van der Waals surface area contributed by atoms with Gasteiger partial charge < -0.3 is 24.6 Å². The van der Waals surface area contributed by atoms with E-state index < -0.39 is 23.4 Å². The molecule has 0 fully saturated rings. The minimum absolute atomic E-state index is 0.0476. The number of alkyl carbamates (subject to hydrolysis) is 1. The van der Waals surface area contributed by atoms with Crippen LogP contribution >= 0.6 is 0 Å². The summed E-state index contributed by atoms with van der Waals surface area (Å²) in [5.41, 5.74) is -0.239. The van der Waals surface area contributed by atoms with Crippen molar-refractivity contribution in [2.45, 2.75) is 46.6 Å². The number of esters is 1. The Morgan fingerprint density at radius 1 is 1.15 bits per heavy atom. The maximum absolute atomic E-state index is 12.3. The SMILES string of the molecule is CCOC(=O)COc1ccc(C(=O)CNC(=O)OC(C)(C)C)c(O)c1CC. The molecule has 0 aromatic heterocycles. The van der Waals surface area contributed by atoms with Crippen LogP contribution < -0.4 is 10.1 Å². The number of nitrogens with one attached hydrogen (secondary N) is 1. The molecule has 1 aromatic rings. The van der Waals surface area contributed by atoms with Crippen molar-refractivity contribution in [2.24, 2.45) is 0 Å². The van der Waals surface area contributed by atoms with Crippen molar-refractivity contribution in [1.29, 1.82) is 0 Å². The summed E-state index contributed by atoms with van der Waals surface area (Å²) >= 11 is 0. The number of benzene rings is 1. The van der Waals surface area contributed by atoms with Crippen LogP contribution in [0.2, 0.25) is 0 Å². The Labute approximate surface area is 158 Å². The van der Waals surface area contributed by atoms with Crippen molar-refractivity contribution in [3.05, 3.63) is 23.3 Å². The van der Waals surface area contributed by atoms with Gasteiger partial charge in [-0.15, -0.1) is 0 Å². The van der Waals surface area contributed by atoms with Gasteiger partial charge in [0.05, 0.1) is 18.7 Å². The van der Waals surface area contributed by atoms with Gasteiger partial charge in [-0.05, 0) is 46.2 Å². The van der Waals surface area contributed by atoms with Crippen LogP contribution in [-0.2, 0) is 20.7 Å². The molecule has 8 heteroatoms. The number of hydrogen-bond donors (Lipinski definition) is 2. The zero-order valence-corrected chi connectivity index (χ0v) is 16.4. The van der Waals surface area contributed by atoms with Gasteiger partial charge in [0, 0.05) is 5.56 Å². The zero-order chi connectivity index (χ0) is 20.6. The van der Waals surface area contributed by atoms with E-state index in [1.807, 2.05) is 0 Å². The number of phenolic OH excluding ortho intramolecular Hbond substituents is 1. The summed E-state index contributed by atoms with van der Waals surface area (Å²) in [4.78, 5) is 35.4. The van der Waals surface area contributed by atoms with E-state index in [0.717, 1.165) is 0 Å². The molecule has 0 aliphatic rings. The van der Waals surface area contributed by atoms with Crippen LogP contribution in [0.25, 0.3) is 0 Å². The summed E-state index contributed by atoms with van der Waals surface area (Å²) < 4.78 is 15.2. The maximum atomic E-state index is 12.3. The number of carbonyl (C=O) groups excluding carboxylic acids is 3. The van der Waals surface area contributed by atoms with Crippen LogP contribution in [0.1, 0.15) is 50.5 Å². The molecular formula is C19H27NO7. The van der Waals surface area contributed by atoms with Crippen LogP contribution in [0.4, 0.5) is 4.79 Å². The lowest BCUT2D eigenvalue weighted by atomic mass is 10.0. The molecule has 1 amide bonds. The van der Waals surface area contributed by atoms with Gasteiger partial charge in [0.15, 0.2) is 12.4 Å². The van der Waals surface area contributed by atoms with Gasteiger partial charge in [-0.25, -0.2) is 9.59 Å². The lowest BCUT2D eigenvalue weighted by molar-refractivity contribution is -0.145. The molecular weight excluding hydrogens is 354 g/mol. The van der Waals surface area contributed by atoms with Gasteiger partial charge in [-0.3, -0.25) is 4.79 Å². The second-order valence-electron chi connectivity index (χ2n) is 6.66.